The first-order chi connectivity index (χ1) is 6.93. The van der Waals surface area contributed by atoms with E-state index in [0.29, 0.717) is 6.61 Å². The standard InChI is InChI=1S/C10H15N3O/c1-2-3-8-14-9-7-11-10-5-4-6-12-13-10/h2,4-6H,1,3,7-9H2,(H,11,13). The van der Waals surface area contributed by atoms with Gasteiger partial charge in [0, 0.05) is 12.7 Å². The molecule has 0 saturated heterocycles. The first kappa shape index (κ1) is 10.7. The molecule has 4 heteroatoms. The van der Waals surface area contributed by atoms with E-state index in [0.717, 1.165) is 25.4 Å². The zero-order chi connectivity index (χ0) is 10.1. The lowest BCUT2D eigenvalue weighted by molar-refractivity contribution is 0.149. The Bertz CT molecular complexity index is 251. The molecule has 0 atom stereocenters. The Morgan fingerprint density at radius 1 is 1.50 bits per heavy atom. The van der Waals surface area contributed by atoms with Gasteiger partial charge in [-0.2, -0.15) is 5.10 Å². The van der Waals surface area contributed by atoms with Crippen molar-refractivity contribution in [3.05, 3.63) is 31.0 Å². The van der Waals surface area contributed by atoms with Crippen molar-refractivity contribution in [3.8, 4) is 0 Å². The maximum atomic E-state index is 5.31. The molecule has 4 nitrogen and oxygen atoms in total. The molecule has 0 saturated carbocycles. The van der Waals surface area contributed by atoms with Crippen LogP contribution >= 0.6 is 0 Å². The monoisotopic (exact) mass is 193 g/mol. The molecule has 0 fully saturated rings. The first-order valence-corrected chi connectivity index (χ1v) is 4.63. The first-order valence-electron chi connectivity index (χ1n) is 4.63. The van der Waals surface area contributed by atoms with Gasteiger partial charge in [0.2, 0.25) is 0 Å². The Hall–Kier alpha value is -1.42. The average Bonchev–Trinajstić information content (AvgIpc) is 2.25. The van der Waals surface area contributed by atoms with E-state index in [1.807, 2.05) is 18.2 Å². The highest BCUT2D eigenvalue weighted by atomic mass is 16.5. The van der Waals surface area contributed by atoms with Gasteiger partial charge in [-0.25, -0.2) is 0 Å². The van der Waals surface area contributed by atoms with Gasteiger partial charge in [-0.1, -0.05) is 6.08 Å². The van der Waals surface area contributed by atoms with Gasteiger partial charge in [0.05, 0.1) is 13.2 Å². The van der Waals surface area contributed by atoms with Crippen LogP contribution < -0.4 is 5.32 Å². The molecule has 0 bridgehead atoms. The number of rotatable bonds is 7. The topological polar surface area (TPSA) is 47.0 Å². The third-order valence-corrected chi connectivity index (χ3v) is 1.59. The van der Waals surface area contributed by atoms with Crippen LogP contribution in [0.1, 0.15) is 6.42 Å². The Morgan fingerprint density at radius 2 is 2.43 bits per heavy atom. The molecule has 0 aromatic carbocycles. The Balaban J connectivity index is 2.02. The zero-order valence-electron chi connectivity index (χ0n) is 8.15. The molecule has 1 aromatic rings. The van der Waals surface area contributed by atoms with Crippen LogP contribution in [0.15, 0.2) is 31.0 Å². The molecule has 0 unspecified atom stereocenters. The molecule has 0 spiro atoms. The lowest BCUT2D eigenvalue weighted by Crippen LogP contribution is -2.10. The lowest BCUT2D eigenvalue weighted by atomic mass is 10.4. The van der Waals surface area contributed by atoms with Crippen molar-refractivity contribution >= 4 is 5.82 Å². The highest BCUT2D eigenvalue weighted by Gasteiger charge is 1.91. The minimum absolute atomic E-state index is 0.671. The average molecular weight is 193 g/mol. The van der Waals surface area contributed by atoms with E-state index in [1.165, 1.54) is 0 Å². The molecule has 0 aliphatic rings. The van der Waals surface area contributed by atoms with E-state index in [9.17, 15) is 0 Å². The number of hydrogen-bond acceptors (Lipinski definition) is 4. The van der Waals surface area contributed by atoms with Gasteiger partial charge in [0.1, 0.15) is 5.82 Å². The van der Waals surface area contributed by atoms with Gasteiger partial charge < -0.3 is 10.1 Å². The molecule has 0 aliphatic heterocycles. The second kappa shape index (κ2) is 7.03. The van der Waals surface area contributed by atoms with Crippen LogP contribution in [0, 0.1) is 0 Å². The second-order valence-electron chi connectivity index (χ2n) is 2.73. The summed E-state index contributed by atoms with van der Waals surface area (Å²) in [5, 5.41) is 10.7. The van der Waals surface area contributed by atoms with Crippen LogP contribution in [0.5, 0.6) is 0 Å². The third kappa shape index (κ3) is 4.57. The molecule has 1 aromatic heterocycles. The predicted octanol–water partition coefficient (Wildman–Crippen LogP) is 1.48. The van der Waals surface area contributed by atoms with E-state index in [-0.39, 0.29) is 0 Å². The van der Waals surface area contributed by atoms with Crippen LogP contribution in [0.4, 0.5) is 5.82 Å². The number of aromatic nitrogens is 2. The molecule has 76 valence electrons. The minimum atomic E-state index is 0.671. The lowest BCUT2D eigenvalue weighted by Gasteiger charge is -2.04. The minimum Gasteiger partial charge on any atom is -0.379 e. The van der Waals surface area contributed by atoms with Gasteiger partial charge in [-0.15, -0.1) is 11.7 Å². The molecule has 1 heterocycles. The summed E-state index contributed by atoms with van der Waals surface area (Å²) >= 11 is 0. The summed E-state index contributed by atoms with van der Waals surface area (Å²) in [6, 6.07) is 3.71. The van der Waals surface area contributed by atoms with Crippen molar-refractivity contribution in [2.75, 3.05) is 25.1 Å². The maximum absolute atomic E-state index is 5.31. The van der Waals surface area contributed by atoms with E-state index >= 15 is 0 Å². The molecule has 0 aliphatic carbocycles. The van der Waals surface area contributed by atoms with E-state index in [1.54, 1.807) is 6.20 Å². The van der Waals surface area contributed by atoms with Gasteiger partial charge in [-0.3, -0.25) is 0 Å². The van der Waals surface area contributed by atoms with Gasteiger partial charge in [-0.05, 0) is 18.6 Å². The van der Waals surface area contributed by atoms with Crippen molar-refractivity contribution < 1.29 is 4.74 Å². The molecule has 0 radical (unpaired) electrons. The molecule has 1 rings (SSSR count). The van der Waals surface area contributed by atoms with Crippen LogP contribution in [0.3, 0.4) is 0 Å². The van der Waals surface area contributed by atoms with Crippen molar-refractivity contribution in [3.63, 3.8) is 0 Å². The summed E-state index contributed by atoms with van der Waals surface area (Å²) in [6.45, 7) is 5.76. The molecular formula is C10H15N3O. The number of hydrogen-bond donors (Lipinski definition) is 1. The quantitative estimate of drug-likeness (QED) is 0.526. The smallest absolute Gasteiger partial charge is 0.148 e. The van der Waals surface area contributed by atoms with Crippen LogP contribution in [-0.2, 0) is 4.74 Å². The normalized spacial score (nSPS) is 9.71. The Kier molecular flexibility index (Phi) is 5.35. The molecule has 14 heavy (non-hydrogen) atoms. The van der Waals surface area contributed by atoms with Gasteiger partial charge in [0.25, 0.3) is 0 Å². The van der Waals surface area contributed by atoms with Gasteiger partial charge >= 0.3 is 0 Å². The summed E-state index contributed by atoms with van der Waals surface area (Å²) in [5.41, 5.74) is 0. The van der Waals surface area contributed by atoms with Crippen LogP contribution in [0.2, 0.25) is 0 Å². The van der Waals surface area contributed by atoms with Crippen molar-refractivity contribution in [2.45, 2.75) is 6.42 Å². The third-order valence-electron chi connectivity index (χ3n) is 1.59. The number of ether oxygens (including phenoxy) is 1. The fourth-order valence-corrected chi connectivity index (χ4v) is 0.916. The number of nitrogens with zero attached hydrogens (tertiary/aromatic N) is 2. The SMILES string of the molecule is C=CCCOCCNc1cccnn1. The molecule has 0 amide bonds. The van der Waals surface area contributed by atoms with E-state index in [2.05, 4.69) is 22.1 Å². The highest BCUT2D eigenvalue weighted by molar-refractivity contribution is 5.30. The van der Waals surface area contributed by atoms with Gasteiger partial charge in [0.15, 0.2) is 0 Å². The fourth-order valence-electron chi connectivity index (χ4n) is 0.916. The van der Waals surface area contributed by atoms with Crippen molar-refractivity contribution in [1.29, 1.82) is 0 Å². The van der Waals surface area contributed by atoms with Crippen LogP contribution in [0.25, 0.3) is 0 Å². The summed E-state index contributed by atoms with van der Waals surface area (Å²) in [4.78, 5) is 0. The Labute approximate surface area is 84.0 Å². The highest BCUT2D eigenvalue weighted by Crippen LogP contribution is 1.96. The largest absolute Gasteiger partial charge is 0.379 e. The van der Waals surface area contributed by atoms with Crippen LogP contribution in [-0.4, -0.2) is 30.0 Å². The van der Waals surface area contributed by atoms with Crippen molar-refractivity contribution in [2.24, 2.45) is 0 Å². The number of nitrogens with one attached hydrogen (secondary N) is 1. The summed E-state index contributed by atoms with van der Waals surface area (Å²) in [6.07, 6.45) is 4.38. The van der Waals surface area contributed by atoms with Crippen molar-refractivity contribution in [1.82, 2.24) is 10.2 Å². The molecule has 1 N–H and O–H groups in total. The van der Waals surface area contributed by atoms with E-state index in [4.69, 9.17) is 4.74 Å². The summed E-state index contributed by atoms with van der Waals surface area (Å²) in [5.74, 6) is 0.778. The zero-order valence-corrected chi connectivity index (χ0v) is 8.15. The predicted molar refractivity (Wildman–Crippen MR) is 56.2 cm³/mol. The molecular weight excluding hydrogens is 178 g/mol. The summed E-state index contributed by atoms with van der Waals surface area (Å²) in [7, 11) is 0. The second-order valence-corrected chi connectivity index (χ2v) is 2.73. The maximum Gasteiger partial charge on any atom is 0.148 e. The van der Waals surface area contributed by atoms with E-state index < -0.39 is 0 Å². The fraction of sp³-hybridized carbons (Fsp3) is 0.400. The summed E-state index contributed by atoms with van der Waals surface area (Å²) < 4.78 is 5.31. The Morgan fingerprint density at radius 3 is 3.14 bits per heavy atom. The number of anilines is 1.